The van der Waals surface area contributed by atoms with Crippen molar-refractivity contribution in [2.45, 2.75) is 17.3 Å². The first-order valence-electron chi connectivity index (χ1n) is 24.6. The SMILES string of the molecule is C1=CCC(C2(c3cccc(N(c4ccc(-n5c6ccccc6c6ccccc65)cc4)c4cccc(-c5ccccc5)c4)c3)c3ccccc3C3(c4ccccc4)c4ccccc4-c4cccc2c43)C=C1. The minimum Gasteiger partial charge on any atom is -0.310 e. The summed E-state index contributed by atoms with van der Waals surface area (Å²) in [4.78, 5) is 2.46. The van der Waals surface area contributed by atoms with Crippen LogP contribution in [0.25, 0.3) is 49.7 Å². The summed E-state index contributed by atoms with van der Waals surface area (Å²) < 4.78 is 2.40. The molecule has 0 amide bonds. The normalized spacial score (nSPS) is 18.4. The first-order chi connectivity index (χ1) is 34.7. The minimum atomic E-state index is -0.544. The highest BCUT2D eigenvalue weighted by atomic mass is 15.1. The van der Waals surface area contributed by atoms with Crippen LogP contribution in [0.3, 0.4) is 0 Å². The zero-order valence-electron chi connectivity index (χ0n) is 38.7. The van der Waals surface area contributed by atoms with E-state index in [0.29, 0.717) is 0 Å². The third-order valence-electron chi connectivity index (χ3n) is 15.7. The van der Waals surface area contributed by atoms with Crippen molar-refractivity contribution in [2.24, 2.45) is 5.92 Å². The molecule has 0 saturated carbocycles. The second-order valence-corrected chi connectivity index (χ2v) is 19.1. The van der Waals surface area contributed by atoms with Gasteiger partial charge < -0.3 is 9.47 Å². The fraction of sp³-hybridized carbons (Fsp3) is 0.0588. The number of nitrogens with zero attached hydrogens (tertiary/aromatic N) is 2. The Labute approximate surface area is 409 Å². The summed E-state index contributed by atoms with van der Waals surface area (Å²) >= 11 is 0. The summed E-state index contributed by atoms with van der Waals surface area (Å²) in [6.45, 7) is 0. The van der Waals surface area contributed by atoms with Crippen molar-refractivity contribution in [3.8, 4) is 27.9 Å². The average molecular weight is 893 g/mol. The molecule has 1 heterocycles. The number of hydrogen-bond acceptors (Lipinski definition) is 1. The molecule has 2 heteroatoms. The summed E-state index contributed by atoms with van der Waals surface area (Å²) in [5, 5.41) is 2.52. The maximum Gasteiger partial charge on any atom is 0.0719 e. The first kappa shape index (κ1) is 40.4. The van der Waals surface area contributed by atoms with E-state index in [1.165, 1.54) is 83.0 Å². The van der Waals surface area contributed by atoms with E-state index < -0.39 is 10.8 Å². The number of hydrogen-bond donors (Lipinski definition) is 0. The van der Waals surface area contributed by atoms with Gasteiger partial charge in [0.25, 0.3) is 0 Å². The fourth-order valence-corrected chi connectivity index (χ4v) is 13.0. The Balaban J connectivity index is 1.01. The van der Waals surface area contributed by atoms with Gasteiger partial charge in [0.05, 0.1) is 21.9 Å². The second kappa shape index (κ2) is 15.9. The lowest BCUT2D eigenvalue weighted by molar-refractivity contribution is 0.424. The largest absolute Gasteiger partial charge is 0.310 e. The van der Waals surface area contributed by atoms with Gasteiger partial charge in [0.2, 0.25) is 0 Å². The Kier molecular flexibility index (Phi) is 9.19. The van der Waals surface area contributed by atoms with Gasteiger partial charge in [0.15, 0.2) is 0 Å². The Morgan fingerprint density at radius 2 is 0.971 bits per heavy atom. The van der Waals surface area contributed by atoms with Crippen molar-refractivity contribution in [3.05, 3.63) is 312 Å². The number of anilines is 3. The average Bonchev–Trinajstić information content (AvgIpc) is 3.94. The molecule has 0 N–H and O–H groups in total. The molecule has 3 aliphatic carbocycles. The zero-order chi connectivity index (χ0) is 46.2. The number of allylic oxidation sites excluding steroid dienone is 4. The predicted molar refractivity (Wildman–Crippen MR) is 291 cm³/mol. The quantitative estimate of drug-likeness (QED) is 0.148. The lowest BCUT2D eigenvalue weighted by atomic mass is 9.49. The molecule has 10 aromatic carbocycles. The molecule has 0 radical (unpaired) electrons. The maximum atomic E-state index is 2.51. The molecule has 330 valence electrons. The number of rotatable bonds is 8. The van der Waals surface area contributed by atoms with Gasteiger partial charge in [-0.25, -0.2) is 0 Å². The van der Waals surface area contributed by atoms with E-state index in [-0.39, 0.29) is 5.92 Å². The molecule has 2 nitrogen and oxygen atoms in total. The van der Waals surface area contributed by atoms with Gasteiger partial charge in [-0.2, -0.15) is 0 Å². The molecule has 3 atom stereocenters. The summed E-state index contributed by atoms with van der Waals surface area (Å²) in [5.74, 6) is 0.137. The van der Waals surface area contributed by atoms with Crippen molar-refractivity contribution < 1.29 is 0 Å². The van der Waals surface area contributed by atoms with Crippen LogP contribution in [0, 0.1) is 5.92 Å². The Bertz CT molecular complexity index is 3820. The van der Waals surface area contributed by atoms with E-state index >= 15 is 0 Å². The predicted octanol–water partition coefficient (Wildman–Crippen LogP) is 17.1. The van der Waals surface area contributed by atoms with Gasteiger partial charge >= 0.3 is 0 Å². The molecule has 1 aromatic heterocycles. The monoisotopic (exact) mass is 892 g/mol. The van der Waals surface area contributed by atoms with Crippen molar-refractivity contribution in [3.63, 3.8) is 0 Å². The van der Waals surface area contributed by atoms with Gasteiger partial charge in [-0.3, -0.25) is 0 Å². The highest BCUT2D eigenvalue weighted by Crippen LogP contribution is 2.66. The molecule has 0 fully saturated rings. The van der Waals surface area contributed by atoms with Crippen molar-refractivity contribution >= 4 is 38.9 Å². The van der Waals surface area contributed by atoms with Gasteiger partial charge in [-0.1, -0.05) is 212 Å². The number of para-hydroxylation sites is 2. The third-order valence-corrected chi connectivity index (χ3v) is 15.7. The van der Waals surface area contributed by atoms with Crippen LogP contribution in [-0.4, -0.2) is 4.57 Å². The highest BCUT2D eigenvalue weighted by molar-refractivity contribution is 6.09. The van der Waals surface area contributed by atoms with E-state index in [1.54, 1.807) is 0 Å². The molecule has 11 aromatic rings. The van der Waals surface area contributed by atoms with Gasteiger partial charge in [0.1, 0.15) is 0 Å². The lowest BCUT2D eigenvalue weighted by Gasteiger charge is -2.52. The van der Waals surface area contributed by atoms with E-state index in [4.69, 9.17) is 0 Å². The van der Waals surface area contributed by atoms with Gasteiger partial charge in [-0.05, 0) is 134 Å². The van der Waals surface area contributed by atoms with Crippen molar-refractivity contribution in [1.29, 1.82) is 0 Å². The van der Waals surface area contributed by atoms with E-state index in [2.05, 4.69) is 282 Å². The number of fused-ring (bicyclic) bond motifs is 8. The molecular formula is C68H48N2. The molecule has 0 spiro atoms. The van der Waals surface area contributed by atoms with Crippen LogP contribution in [0.5, 0.6) is 0 Å². The smallest absolute Gasteiger partial charge is 0.0719 e. The maximum absolute atomic E-state index is 2.51. The summed E-state index contributed by atoms with van der Waals surface area (Å²) in [6.07, 6.45) is 10.3. The molecular weight excluding hydrogens is 845 g/mol. The molecule has 3 unspecified atom stereocenters. The highest BCUT2D eigenvalue weighted by Gasteiger charge is 2.58. The van der Waals surface area contributed by atoms with Gasteiger partial charge in [-0.15, -0.1) is 0 Å². The van der Waals surface area contributed by atoms with Gasteiger partial charge in [0, 0.05) is 33.5 Å². The molecule has 0 bridgehead atoms. The Hall–Kier alpha value is -8.72. The second-order valence-electron chi connectivity index (χ2n) is 19.1. The molecule has 0 saturated heterocycles. The van der Waals surface area contributed by atoms with E-state index in [9.17, 15) is 0 Å². The number of benzene rings is 10. The summed E-state index contributed by atoms with van der Waals surface area (Å²) in [7, 11) is 0. The van der Waals surface area contributed by atoms with Crippen LogP contribution < -0.4 is 4.90 Å². The van der Waals surface area contributed by atoms with Crippen molar-refractivity contribution in [1.82, 2.24) is 4.57 Å². The van der Waals surface area contributed by atoms with Crippen molar-refractivity contribution in [2.75, 3.05) is 4.90 Å². The zero-order valence-corrected chi connectivity index (χ0v) is 38.7. The number of aromatic nitrogens is 1. The summed E-state index contributed by atoms with van der Waals surface area (Å²) in [5.41, 5.74) is 20.2. The third kappa shape index (κ3) is 5.74. The fourth-order valence-electron chi connectivity index (χ4n) is 13.0. The summed E-state index contributed by atoms with van der Waals surface area (Å²) in [6, 6.07) is 93.0. The molecule has 70 heavy (non-hydrogen) atoms. The first-order valence-corrected chi connectivity index (χ1v) is 24.6. The van der Waals surface area contributed by atoms with Crippen LogP contribution in [0.15, 0.2) is 273 Å². The minimum absolute atomic E-state index is 0.137. The lowest BCUT2D eigenvalue weighted by Crippen LogP contribution is -2.47. The van der Waals surface area contributed by atoms with Crippen LogP contribution in [0.2, 0.25) is 0 Å². The topological polar surface area (TPSA) is 8.17 Å². The Morgan fingerprint density at radius 3 is 1.71 bits per heavy atom. The molecule has 14 rings (SSSR count). The van der Waals surface area contributed by atoms with Crippen LogP contribution >= 0.6 is 0 Å². The van der Waals surface area contributed by atoms with Crippen LogP contribution in [-0.2, 0) is 10.8 Å². The molecule has 0 aliphatic heterocycles. The standard InChI is InChI=1S/C68H48N2/c1-4-21-47(22-5-1)48-23-18-29-54(45-48)69(52-41-43-53(44-42-52)70-64-39-16-11-32-57(64)58-33-12-17-40-65(58)70)55-30-19-28-51(46-55)67(49-24-6-2-7-25-49)61-36-14-15-37-62(61)68(50-26-8-3-9-27-50)60-35-13-10-31-56(60)59-34-20-38-63(67)66(59)68/h1-24,26-46,49H,25H2. The van der Waals surface area contributed by atoms with E-state index in [1.807, 2.05) is 0 Å². The molecule has 3 aliphatic rings. The van der Waals surface area contributed by atoms with Crippen LogP contribution in [0.1, 0.15) is 45.4 Å². The Morgan fingerprint density at radius 1 is 0.400 bits per heavy atom. The van der Waals surface area contributed by atoms with E-state index in [0.717, 1.165) is 29.2 Å². The van der Waals surface area contributed by atoms with Crippen LogP contribution in [0.4, 0.5) is 17.1 Å².